The standard InChI is InChI=1S/C9H14F3N5/c10-9(11,12)6-3-1-2-4-7(6)13-5-8-14-16-17-15-8/h6-7,13H,1-5H2,(H,14,15,16,17). The Balaban J connectivity index is 1.92. The third-order valence-electron chi connectivity index (χ3n) is 3.10. The average molecular weight is 249 g/mol. The van der Waals surface area contributed by atoms with E-state index in [1.54, 1.807) is 0 Å². The molecule has 0 saturated heterocycles. The van der Waals surface area contributed by atoms with Crippen molar-refractivity contribution in [3.05, 3.63) is 5.82 Å². The van der Waals surface area contributed by atoms with Crippen LogP contribution in [0.15, 0.2) is 0 Å². The first kappa shape index (κ1) is 12.3. The second kappa shape index (κ2) is 4.99. The Bertz CT molecular complexity index is 337. The van der Waals surface area contributed by atoms with Crippen molar-refractivity contribution < 1.29 is 13.2 Å². The van der Waals surface area contributed by atoms with E-state index in [0.29, 0.717) is 18.7 Å². The van der Waals surface area contributed by atoms with E-state index in [-0.39, 0.29) is 13.0 Å². The fourth-order valence-electron chi connectivity index (χ4n) is 2.25. The molecule has 0 amide bonds. The Kier molecular flexibility index (Phi) is 3.60. The highest BCUT2D eigenvalue weighted by molar-refractivity contribution is 4.87. The highest BCUT2D eigenvalue weighted by Crippen LogP contribution is 2.37. The number of halogens is 3. The van der Waals surface area contributed by atoms with Gasteiger partial charge in [0.2, 0.25) is 0 Å². The lowest BCUT2D eigenvalue weighted by atomic mass is 9.84. The summed E-state index contributed by atoms with van der Waals surface area (Å²) in [5, 5.41) is 15.9. The minimum atomic E-state index is -4.13. The van der Waals surface area contributed by atoms with Crippen LogP contribution in [0.1, 0.15) is 31.5 Å². The first-order chi connectivity index (χ1) is 8.07. The van der Waals surface area contributed by atoms with Crippen molar-refractivity contribution in [2.45, 2.75) is 44.4 Å². The van der Waals surface area contributed by atoms with Gasteiger partial charge >= 0.3 is 6.18 Å². The minimum Gasteiger partial charge on any atom is -0.306 e. The van der Waals surface area contributed by atoms with E-state index >= 15 is 0 Å². The lowest BCUT2D eigenvalue weighted by Crippen LogP contribution is -2.45. The van der Waals surface area contributed by atoms with Crippen LogP contribution in [-0.2, 0) is 6.54 Å². The maximum absolute atomic E-state index is 12.8. The molecule has 1 saturated carbocycles. The van der Waals surface area contributed by atoms with Gasteiger partial charge in [-0.3, -0.25) is 0 Å². The van der Waals surface area contributed by atoms with Crippen LogP contribution in [0.5, 0.6) is 0 Å². The lowest BCUT2D eigenvalue weighted by molar-refractivity contribution is -0.189. The van der Waals surface area contributed by atoms with Crippen molar-refractivity contribution in [3.63, 3.8) is 0 Å². The number of tetrazole rings is 1. The molecule has 2 N–H and O–H groups in total. The van der Waals surface area contributed by atoms with Gasteiger partial charge in [0.25, 0.3) is 0 Å². The molecular formula is C9H14F3N5. The molecule has 2 rings (SSSR count). The zero-order valence-electron chi connectivity index (χ0n) is 9.17. The number of hydrogen-bond donors (Lipinski definition) is 2. The quantitative estimate of drug-likeness (QED) is 0.850. The van der Waals surface area contributed by atoms with Crippen LogP contribution in [-0.4, -0.2) is 32.8 Å². The molecule has 1 aliphatic carbocycles. The van der Waals surface area contributed by atoms with Crippen LogP contribution >= 0.6 is 0 Å². The van der Waals surface area contributed by atoms with E-state index in [2.05, 4.69) is 25.9 Å². The summed E-state index contributed by atoms with van der Waals surface area (Å²) in [5.41, 5.74) is 0. The number of nitrogens with zero attached hydrogens (tertiary/aromatic N) is 3. The monoisotopic (exact) mass is 249 g/mol. The van der Waals surface area contributed by atoms with E-state index < -0.39 is 18.1 Å². The maximum Gasteiger partial charge on any atom is 0.393 e. The highest BCUT2D eigenvalue weighted by atomic mass is 19.4. The first-order valence-corrected chi connectivity index (χ1v) is 5.60. The molecule has 5 nitrogen and oxygen atoms in total. The molecule has 2 unspecified atom stereocenters. The van der Waals surface area contributed by atoms with Crippen molar-refractivity contribution in [3.8, 4) is 0 Å². The highest BCUT2D eigenvalue weighted by Gasteiger charge is 2.45. The molecule has 1 fully saturated rings. The summed E-state index contributed by atoms with van der Waals surface area (Å²) >= 11 is 0. The number of rotatable bonds is 3. The molecular weight excluding hydrogens is 235 g/mol. The molecule has 0 spiro atoms. The van der Waals surface area contributed by atoms with Crippen LogP contribution in [0.3, 0.4) is 0 Å². The van der Waals surface area contributed by atoms with E-state index in [9.17, 15) is 13.2 Å². The van der Waals surface area contributed by atoms with Crippen molar-refractivity contribution >= 4 is 0 Å². The predicted octanol–water partition coefficient (Wildman–Crippen LogP) is 1.41. The zero-order valence-corrected chi connectivity index (χ0v) is 9.17. The summed E-state index contributed by atoms with van der Waals surface area (Å²) < 4.78 is 38.3. The SMILES string of the molecule is FC(F)(F)C1CCCCC1NCc1nn[nH]n1. The minimum absolute atomic E-state index is 0.202. The summed E-state index contributed by atoms with van der Waals surface area (Å²) in [7, 11) is 0. The van der Waals surface area contributed by atoms with Crippen molar-refractivity contribution in [2.24, 2.45) is 5.92 Å². The number of H-pyrrole nitrogens is 1. The van der Waals surface area contributed by atoms with E-state index in [1.165, 1.54) is 0 Å². The molecule has 1 aromatic rings. The van der Waals surface area contributed by atoms with Gasteiger partial charge in [0.1, 0.15) is 0 Å². The van der Waals surface area contributed by atoms with E-state index in [4.69, 9.17) is 0 Å². The number of alkyl halides is 3. The summed E-state index contributed by atoms with van der Waals surface area (Å²) in [6.45, 7) is 0.216. The molecule has 1 aromatic heterocycles. The average Bonchev–Trinajstić information content (AvgIpc) is 2.78. The molecule has 0 bridgehead atoms. The molecule has 1 aliphatic rings. The summed E-state index contributed by atoms with van der Waals surface area (Å²) in [4.78, 5) is 0. The zero-order chi connectivity index (χ0) is 12.3. The largest absolute Gasteiger partial charge is 0.393 e. The second-order valence-corrected chi connectivity index (χ2v) is 4.25. The van der Waals surface area contributed by atoms with Crippen molar-refractivity contribution in [2.75, 3.05) is 0 Å². The van der Waals surface area contributed by atoms with Crippen LogP contribution in [0.4, 0.5) is 13.2 Å². The van der Waals surface area contributed by atoms with Gasteiger partial charge in [0, 0.05) is 6.04 Å². The molecule has 8 heteroatoms. The summed E-state index contributed by atoms with van der Waals surface area (Å²) in [5.74, 6) is -0.875. The van der Waals surface area contributed by atoms with Crippen LogP contribution in [0.25, 0.3) is 0 Å². The van der Waals surface area contributed by atoms with Crippen LogP contribution in [0.2, 0.25) is 0 Å². The van der Waals surface area contributed by atoms with Gasteiger partial charge in [0.15, 0.2) is 5.82 Å². The first-order valence-electron chi connectivity index (χ1n) is 5.60. The fourth-order valence-corrected chi connectivity index (χ4v) is 2.25. The van der Waals surface area contributed by atoms with Crippen molar-refractivity contribution in [1.29, 1.82) is 0 Å². The van der Waals surface area contributed by atoms with E-state index in [1.807, 2.05) is 0 Å². The number of nitrogens with one attached hydrogen (secondary N) is 2. The Morgan fingerprint density at radius 2 is 2.06 bits per heavy atom. The molecule has 2 atom stereocenters. The molecule has 0 radical (unpaired) electrons. The number of hydrogen-bond acceptors (Lipinski definition) is 4. The van der Waals surface area contributed by atoms with Gasteiger partial charge in [-0.05, 0) is 12.8 Å². The Morgan fingerprint density at radius 1 is 1.29 bits per heavy atom. The van der Waals surface area contributed by atoms with Gasteiger partial charge in [0.05, 0.1) is 12.5 Å². The van der Waals surface area contributed by atoms with Gasteiger partial charge in [-0.1, -0.05) is 18.1 Å². The normalized spacial score (nSPS) is 26.1. The van der Waals surface area contributed by atoms with Gasteiger partial charge < -0.3 is 5.32 Å². The summed E-state index contributed by atoms with van der Waals surface area (Å²) in [6.07, 6.45) is -1.91. The van der Waals surface area contributed by atoms with Gasteiger partial charge in [-0.25, -0.2) is 0 Å². The van der Waals surface area contributed by atoms with Crippen LogP contribution < -0.4 is 5.32 Å². The Morgan fingerprint density at radius 3 is 2.71 bits per heavy atom. The number of aromatic amines is 1. The predicted molar refractivity (Wildman–Crippen MR) is 52.8 cm³/mol. The number of aromatic nitrogens is 4. The van der Waals surface area contributed by atoms with Crippen LogP contribution in [0, 0.1) is 5.92 Å². The lowest BCUT2D eigenvalue weighted by Gasteiger charge is -2.33. The van der Waals surface area contributed by atoms with Crippen molar-refractivity contribution in [1.82, 2.24) is 25.9 Å². The Hall–Kier alpha value is -1.18. The third-order valence-corrected chi connectivity index (χ3v) is 3.10. The summed E-state index contributed by atoms with van der Waals surface area (Å²) in [6, 6.07) is -0.540. The smallest absolute Gasteiger partial charge is 0.306 e. The van der Waals surface area contributed by atoms with Gasteiger partial charge in [-0.2, -0.15) is 18.4 Å². The fraction of sp³-hybridized carbons (Fsp3) is 0.889. The topological polar surface area (TPSA) is 66.5 Å². The Labute approximate surface area is 96.2 Å². The molecule has 1 heterocycles. The maximum atomic E-state index is 12.8. The molecule has 0 aliphatic heterocycles. The second-order valence-electron chi connectivity index (χ2n) is 4.25. The molecule has 0 aromatic carbocycles. The third kappa shape index (κ3) is 3.15. The molecule has 96 valence electrons. The van der Waals surface area contributed by atoms with Gasteiger partial charge in [-0.15, -0.1) is 10.2 Å². The van der Waals surface area contributed by atoms with E-state index in [0.717, 1.165) is 6.42 Å². The molecule has 17 heavy (non-hydrogen) atoms.